The van der Waals surface area contributed by atoms with Crippen molar-refractivity contribution in [2.24, 2.45) is 0 Å². The number of hydrogen-bond acceptors (Lipinski definition) is 6. The molecule has 0 aliphatic rings. The van der Waals surface area contributed by atoms with Gasteiger partial charge in [0.05, 0.1) is 11.9 Å². The van der Waals surface area contributed by atoms with Crippen LogP contribution in [-0.4, -0.2) is 26.6 Å². The van der Waals surface area contributed by atoms with Gasteiger partial charge in [0.15, 0.2) is 11.4 Å². The molecule has 4 aromatic rings. The number of hydrogen-bond donors (Lipinski definition) is 2. The summed E-state index contributed by atoms with van der Waals surface area (Å²) < 4.78 is 11.5. The van der Waals surface area contributed by atoms with Crippen LogP contribution in [0.2, 0.25) is 0 Å². The average molecular weight is 404 g/mol. The first-order chi connectivity index (χ1) is 14.3. The molecule has 30 heavy (non-hydrogen) atoms. The van der Waals surface area contributed by atoms with Crippen LogP contribution in [0.3, 0.4) is 0 Å². The van der Waals surface area contributed by atoms with Crippen molar-refractivity contribution in [1.82, 2.24) is 15.0 Å². The van der Waals surface area contributed by atoms with Crippen LogP contribution in [0.5, 0.6) is 11.5 Å². The van der Waals surface area contributed by atoms with Gasteiger partial charge in [-0.1, -0.05) is 24.3 Å². The summed E-state index contributed by atoms with van der Waals surface area (Å²) in [6.45, 7) is 5.42. The number of benzene rings is 2. The number of aromatic amines is 1. The second-order valence-electron chi connectivity index (χ2n) is 7.64. The lowest BCUT2D eigenvalue weighted by Gasteiger charge is -2.20. The first kappa shape index (κ1) is 19.4. The molecular formula is C22H20N4O4. The fourth-order valence-electron chi connectivity index (χ4n) is 3.01. The third kappa shape index (κ3) is 4.07. The van der Waals surface area contributed by atoms with Gasteiger partial charge in [-0.25, -0.2) is 14.8 Å². The summed E-state index contributed by atoms with van der Waals surface area (Å²) in [5.74, 6) is 0.973. The van der Waals surface area contributed by atoms with E-state index >= 15 is 0 Å². The smallest absolute Gasteiger partial charge is 0.412 e. The number of H-pyrrole nitrogens is 1. The Morgan fingerprint density at radius 2 is 1.77 bits per heavy atom. The van der Waals surface area contributed by atoms with E-state index in [4.69, 9.17) is 9.47 Å². The number of aromatic nitrogens is 3. The van der Waals surface area contributed by atoms with Gasteiger partial charge >= 0.3 is 6.09 Å². The lowest BCUT2D eigenvalue weighted by atomic mass is 10.1. The number of nitrogens with zero attached hydrogens (tertiary/aromatic N) is 2. The van der Waals surface area contributed by atoms with Crippen molar-refractivity contribution in [3.63, 3.8) is 0 Å². The number of amides is 1. The van der Waals surface area contributed by atoms with Crippen LogP contribution in [0.4, 0.5) is 10.5 Å². The van der Waals surface area contributed by atoms with Crippen molar-refractivity contribution in [3.8, 4) is 11.5 Å². The van der Waals surface area contributed by atoms with Gasteiger partial charge in [0.2, 0.25) is 0 Å². The maximum atomic E-state index is 12.2. The lowest BCUT2D eigenvalue weighted by molar-refractivity contribution is 0.0636. The van der Waals surface area contributed by atoms with E-state index in [9.17, 15) is 9.59 Å². The quantitative estimate of drug-likeness (QED) is 0.516. The minimum atomic E-state index is -0.601. The molecule has 0 saturated carbocycles. The molecule has 0 atom stereocenters. The Morgan fingerprint density at radius 3 is 2.53 bits per heavy atom. The van der Waals surface area contributed by atoms with Gasteiger partial charge in [0.1, 0.15) is 16.9 Å². The van der Waals surface area contributed by atoms with Crippen LogP contribution in [0.15, 0.2) is 59.7 Å². The Morgan fingerprint density at radius 1 is 1.00 bits per heavy atom. The minimum absolute atomic E-state index is 0.345. The highest BCUT2D eigenvalue weighted by Gasteiger charge is 2.18. The summed E-state index contributed by atoms with van der Waals surface area (Å²) in [5, 5.41) is 4.35. The molecule has 0 aliphatic heterocycles. The molecule has 0 saturated heterocycles. The van der Waals surface area contributed by atoms with Gasteiger partial charge in [-0.05, 0) is 32.9 Å². The molecular weight excluding hydrogens is 384 g/mol. The number of nitrogens with one attached hydrogen (secondary N) is 2. The van der Waals surface area contributed by atoms with Crippen LogP contribution < -0.4 is 15.6 Å². The highest BCUT2D eigenvalue weighted by Crippen LogP contribution is 2.35. The number of fused-ring (bicyclic) bond motifs is 2. The van der Waals surface area contributed by atoms with Crippen molar-refractivity contribution >= 4 is 33.7 Å². The fourth-order valence-corrected chi connectivity index (χ4v) is 3.01. The van der Waals surface area contributed by atoms with Crippen LogP contribution >= 0.6 is 0 Å². The average Bonchev–Trinajstić information content (AvgIpc) is 2.69. The maximum Gasteiger partial charge on any atom is 0.412 e. The topological polar surface area (TPSA) is 106 Å². The Labute approximate surface area is 171 Å². The summed E-state index contributed by atoms with van der Waals surface area (Å²) in [6.07, 6.45) is 2.19. The number of ether oxygens (including phenoxy) is 2. The van der Waals surface area contributed by atoms with Gasteiger partial charge in [0.25, 0.3) is 5.56 Å². The lowest BCUT2D eigenvalue weighted by Crippen LogP contribution is -2.27. The Hall–Kier alpha value is -3.94. The Kier molecular flexibility index (Phi) is 4.83. The van der Waals surface area contributed by atoms with E-state index in [-0.39, 0.29) is 5.56 Å². The van der Waals surface area contributed by atoms with Crippen molar-refractivity contribution < 1.29 is 14.3 Å². The van der Waals surface area contributed by atoms with Gasteiger partial charge in [0, 0.05) is 23.0 Å². The van der Waals surface area contributed by atoms with E-state index in [1.807, 2.05) is 24.3 Å². The molecule has 0 bridgehead atoms. The van der Waals surface area contributed by atoms with Crippen LogP contribution in [-0.2, 0) is 4.74 Å². The molecule has 2 heterocycles. The monoisotopic (exact) mass is 404 g/mol. The van der Waals surface area contributed by atoms with Crippen molar-refractivity contribution in [1.29, 1.82) is 0 Å². The van der Waals surface area contributed by atoms with E-state index in [0.717, 1.165) is 10.8 Å². The summed E-state index contributed by atoms with van der Waals surface area (Å²) in [6, 6.07) is 12.7. The first-order valence-corrected chi connectivity index (χ1v) is 9.34. The highest BCUT2D eigenvalue weighted by molar-refractivity contribution is 6.03. The molecule has 2 N–H and O–H groups in total. The molecule has 8 heteroatoms. The van der Waals surface area contributed by atoms with Gasteiger partial charge in [-0.3, -0.25) is 10.1 Å². The predicted octanol–water partition coefficient (Wildman–Crippen LogP) is 4.61. The zero-order valence-corrected chi connectivity index (χ0v) is 16.7. The van der Waals surface area contributed by atoms with E-state index in [1.165, 1.54) is 6.20 Å². The molecule has 2 aromatic carbocycles. The van der Waals surface area contributed by atoms with Crippen LogP contribution in [0.25, 0.3) is 21.9 Å². The number of anilines is 1. The molecule has 4 rings (SSSR count). The SMILES string of the molecule is CC(C)(C)OC(=O)Nc1ccc(Oc2ccnc3ncc(=O)[nH]c23)c2ccccc12. The summed E-state index contributed by atoms with van der Waals surface area (Å²) in [5.41, 5.74) is 0.435. The highest BCUT2D eigenvalue weighted by atomic mass is 16.6. The van der Waals surface area contributed by atoms with Crippen molar-refractivity contribution in [2.75, 3.05) is 5.32 Å². The number of carbonyl (C=O) groups excluding carboxylic acids is 1. The fraction of sp³-hybridized carbons (Fsp3) is 0.182. The number of rotatable bonds is 3. The second kappa shape index (κ2) is 7.47. The van der Waals surface area contributed by atoms with Crippen LogP contribution in [0, 0.1) is 0 Å². The minimum Gasteiger partial charge on any atom is -0.454 e. The van der Waals surface area contributed by atoms with E-state index in [2.05, 4.69) is 20.3 Å². The molecule has 1 amide bonds. The Bertz CT molecular complexity index is 1310. The largest absolute Gasteiger partial charge is 0.454 e. The van der Waals surface area contributed by atoms with Crippen LogP contribution in [0.1, 0.15) is 20.8 Å². The molecule has 152 valence electrons. The second-order valence-corrected chi connectivity index (χ2v) is 7.64. The Balaban J connectivity index is 1.73. The summed E-state index contributed by atoms with van der Waals surface area (Å²) in [7, 11) is 0. The standard InChI is InChI=1S/C22H20N4O4/c1-22(2,3)30-21(28)25-15-8-9-16(14-7-5-4-6-13(14)15)29-17-10-11-23-20-19(17)26-18(27)12-24-20/h4-12H,1-3H3,(H,25,28)(H,26,27). The molecule has 2 aromatic heterocycles. The van der Waals surface area contributed by atoms with E-state index in [1.54, 1.807) is 45.2 Å². The zero-order chi connectivity index (χ0) is 21.3. The normalized spacial score (nSPS) is 11.4. The number of pyridine rings is 1. The van der Waals surface area contributed by atoms with Gasteiger partial charge in [-0.2, -0.15) is 0 Å². The maximum absolute atomic E-state index is 12.2. The molecule has 0 unspecified atom stereocenters. The molecule has 0 aliphatic carbocycles. The summed E-state index contributed by atoms with van der Waals surface area (Å²) >= 11 is 0. The molecule has 8 nitrogen and oxygen atoms in total. The first-order valence-electron chi connectivity index (χ1n) is 9.34. The van der Waals surface area contributed by atoms with Crippen molar-refractivity contribution in [2.45, 2.75) is 26.4 Å². The molecule has 0 fully saturated rings. The van der Waals surface area contributed by atoms with Crippen molar-refractivity contribution in [3.05, 3.63) is 65.2 Å². The molecule has 0 spiro atoms. The third-order valence-corrected chi connectivity index (χ3v) is 4.18. The van der Waals surface area contributed by atoms with E-state index < -0.39 is 11.7 Å². The van der Waals surface area contributed by atoms with E-state index in [0.29, 0.717) is 28.4 Å². The van der Waals surface area contributed by atoms with Gasteiger partial charge in [-0.15, -0.1) is 0 Å². The van der Waals surface area contributed by atoms with Gasteiger partial charge < -0.3 is 14.5 Å². The number of carbonyl (C=O) groups is 1. The summed E-state index contributed by atoms with van der Waals surface area (Å²) in [4.78, 5) is 34.8. The predicted molar refractivity (Wildman–Crippen MR) is 114 cm³/mol. The molecule has 0 radical (unpaired) electrons. The zero-order valence-electron chi connectivity index (χ0n) is 16.7. The third-order valence-electron chi connectivity index (χ3n) is 4.18.